The third-order valence-electron chi connectivity index (χ3n) is 2.95. The van der Waals surface area contributed by atoms with Crippen LogP contribution in [-0.4, -0.2) is 11.1 Å². The van der Waals surface area contributed by atoms with Crippen LogP contribution in [0.3, 0.4) is 0 Å². The monoisotopic (exact) mass is 235 g/mol. The molecule has 0 unspecified atom stereocenters. The van der Waals surface area contributed by atoms with Gasteiger partial charge in [-0.1, -0.05) is 18.9 Å². The standard InChI is InChI=1S/C13H17NO3/c1-8(15)17-13-5-4-10(7-12(13)16)11(14)6-9-2-3-9/h4-5,7,9,11,16H,2-3,6,14H2,1H3/t11-/m1/s1. The Balaban J connectivity index is 2.08. The molecule has 1 fully saturated rings. The molecule has 1 aromatic carbocycles. The molecule has 0 spiro atoms. The zero-order valence-corrected chi connectivity index (χ0v) is 9.85. The first-order valence-corrected chi connectivity index (χ1v) is 5.83. The molecule has 0 bridgehead atoms. The molecule has 0 saturated heterocycles. The van der Waals surface area contributed by atoms with Crippen molar-refractivity contribution >= 4 is 5.97 Å². The molecule has 1 atom stereocenters. The normalized spacial score (nSPS) is 16.6. The summed E-state index contributed by atoms with van der Waals surface area (Å²) in [5.41, 5.74) is 6.92. The summed E-state index contributed by atoms with van der Waals surface area (Å²) in [7, 11) is 0. The van der Waals surface area contributed by atoms with E-state index in [1.54, 1.807) is 18.2 Å². The molecule has 3 N–H and O–H groups in total. The Bertz CT molecular complexity index is 427. The minimum atomic E-state index is -0.449. The molecule has 0 aromatic heterocycles. The molecule has 1 aliphatic carbocycles. The molecule has 1 saturated carbocycles. The van der Waals surface area contributed by atoms with Crippen molar-refractivity contribution in [3.63, 3.8) is 0 Å². The van der Waals surface area contributed by atoms with Crippen molar-refractivity contribution in [2.75, 3.05) is 0 Å². The zero-order valence-electron chi connectivity index (χ0n) is 9.85. The lowest BCUT2D eigenvalue weighted by Gasteiger charge is -2.13. The van der Waals surface area contributed by atoms with Gasteiger partial charge in [0, 0.05) is 13.0 Å². The number of carbonyl (C=O) groups is 1. The molecule has 0 amide bonds. The van der Waals surface area contributed by atoms with Gasteiger partial charge >= 0.3 is 5.97 Å². The molecule has 17 heavy (non-hydrogen) atoms. The van der Waals surface area contributed by atoms with E-state index in [-0.39, 0.29) is 17.5 Å². The molecule has 4 heteroatoms. The van der Waals surface area contributed by atoms with Gasteiger partial charge < -0.3 is 15.6 Å². The molecule has 0 heterocycles. The Morgan fingerprint density at radius 3 is 2.82 bits per heavy atom. The van der Waals surface area contributed by atoms with Crippen molar-refractivity contribution in [2.24, 2.45) is 11.7 Å². The van der Waals surface area contributed by atoms with E-state index in [4.69, 9.17) is 10.5 Å². The summed E-state index contributed by atoms with van der Waals surface area (Å²) in [5.74, 6) is 0.430. The predicted molar refractivity (Wildman–Crippen MR) is 63.7 cm³/mol. The second kappa shape index (κ2) is 4.75. The van der Waals surface area contributed by atoms with Gasteiger partial charge in [0.05, 0.1) is 0 Å². The summed E-state index contributed by atoms with van der Waals surface area (Å²) in [6.45, 7) is 1.30. The molecule has 1 aromatic rings. The quantitative estimate of drug-likeness (QED) is 0.619. The fraction of sp³-hybridized carbons (Fsp3) is 0.462. The Morgan fingerprint density at radius 2 is 2.29 bits per heavy atom. The number of hydrogen-bond donors (Lipinski definition) is 2. The molecule has 92 valence electrons. The summed E-state index contributed by atoms with van der Waals surface area (Å²) in [6.07, 6.45) is 3.46. The maximum Gasteiger partial charge on any atom is 0.308 e. The van der Waals surface area contributed by atoms with Crippen molar-refractivity contribution in [3.8, 4) is 11.5 Å². The number of hydrogen-bond acceptors (Lipinski definition) is 4. The molecular weight excluding hydrogens is 218 g/mol. The highest BCUT2D eigenvalue weighted by atomic mass is 16.5. The maximum absolute atomic E-state index is 10.8. The number of rotatable bonds is 4. The van der Waals surface area contributed by atoms with Gasteiger partial charge in [0.15, 0.2) is 11.5 Å². The summed E-state index contributed by atoms with van der Waals surface area (Å²) >= 11 is 0. The molecule has 1 aliphatic rings. The van der Waals surface area contributed by atoms with Crippen molar-refractivity contribution < 1.29 is 14.6 Å². The minimum absolute atomic E-state index is 0.0380. The zero-order chi connectivity index (χ0) is 12.4. The van der Waals surface area contributed by atoms with Crippen LogP contribution in [0.5, 0.6) is 11.5 Å². The Kier molecular flexibility index (Phi) is 3.33. The van der Waals surface area contributed by atoms with Crippen LogP contribution in [0.15, 0.2) is 18.2 Å². The van der Waals surface area contributed by atoms with Crippen molar-refractivity contribution in [1.29, 1.82) is 0 Å². The van der Waals surface area contributed by atoms with Gasteiger partial charge in [-0.2, -0.15) is 0 Å². The summed E-state index contributed by atoms with van der Waals surface area (Å²) in [6, 6.07) is 4.90. The van der Waals surface area contributed by atoms with E-state index in [1.165, 1.54) is 19.8 Å². The lowest BCUT2D eigenvalue weighted by Crippen LogP contribution is -2.11. The number of ether oxygens (including phenoxy) is 1. The highest BCUT2D eigenvalue weighted by Crippen LogP contribution is 2.38. The van der Waals surface area contributed by atoms with E-state index in [0.717, 1.165) is 17.9 Å². The van der Waals surface area contributed by atoms with Crippen LogP contribution < -0.4 is 10.5 Å². The third kappa shape index (κ3) is 3.20. The van der Waals surface area contributed by atoms with Gasteiger partial charge in [-0.15, -0.1) is 0 Å². The molecule has 4 nitrogen and oxygen atoms in total. The second-order valence-corrected chi connectivity index (χ2v) is 4.61. The summed E-state index contributed by atoms with van der Waals surface area (Å²) in [4.78, 5) is 10.8. The van der Waals surface area contributed by atoms with Crippen molar-refractivity contribution in [3.05, 3.63) is 23.8 Å². The SMILES string of the molecule is CC(=O)Oc1ccc([C@H](N)CC2CC2)cc1O. The van der Waals surface area contributed by atoms with Gasteiger partial charge in [0.2, 0.25) is 0 Å². The Hall–Kier alpha value is -1.55. The van der Waals surface area contributed by atoms with E-state index in [2.05, 4.69) is 0 Å². The summed E-state index contributed by atoms with van der Waals surface area (Å²) in [5, 5.41) is 9.71. The third-order valence-corrected chi connectivity index (χ3v) is 2.95. The average molecular weight is 235 g/mol. The van der Waals surface area contributed by atoms with Crippen molar-refractivity contribution in [1.82, 2.24) is 0 Å². The number of phenolic OH excluding ortho intramolecular Hbond substituents is 1. The first-order valence-electron chi connectivity index (χ1n) is 5.83. The number of aromatic hydroxyl groups is 1. The molecule has 0 aliphatic heterocycles. The fourth-order valence-electron chi connectivity index (χ4n) is 1.85. The van der Waals surface area contributed by atoms with Gasteiger partial charge in [-0.05, 0) is 30.0 Å². The van der Waals surface area contributed by atoms with Crippen LogP contribution in [-0.2, 0) is 4.79 Å². The predicted octanol–water partition coefficient (Wildman–Crippen LogP) is 2.12. The van der Waals surface area contributed by atoms with Gasteiger partial charge in [-0.25, -0.2) is 0 Å². The molecular formula is C13H17NO3. The van der Waals surface area contributed by atoms with E-state index in [0.29, 0.717) is 0 Å². The highest BCUT2D eigenvalue weighted by molar-refractivity contribution is 5.70. The van der Waals surface area contributed by atoms with Crippen LogP contribution in [0.4, 0.5) is 0 Å². The van der Waals surface area contributed by atoms with Gasteiger partial charge in [-0.3, -0.25) is 4.79 Å². The lowest BCUT2D eigenvalue weighted by atomic mass is 10.0. The van der Waals surface area contributed by atoms with E-state index >= 15 is 0 Å². The van der Waals surface area contributed by atoms with Gasteiger partial charge in [0.25, 0.3) is 0 Å². The molecule has 0 radical (unpaired) electrons. The van der Waals surface area contributed by atoms with Gasteiger partial charge in [0.1, 0.15) is 0 Å². The Morgan fingerprint density at radius 1 is 1.59 bits per heavy atom. The van der Waals surface area contributed by atoms with Crippen LogP contribution in [0.25, 0.3) is 0 Å². The first kappa shape index (κ1) is 11.9. The van der Waals surface area contributed by atoms with E-state index in [9.17, 15) is 9.90 Å². The number of phenols is 1. The van der Waals surface area contributed by atoms with E-state index in [1.807, 2.05) is 0 Å². The van der Waals surface area contributed by atoms with Crippen LogP contribution >= 0.6 is 0 Å². The highest BCUT2D eigenvalue weighted by Gasteiger charge is 2.24. The van der Waals surface area contributed by atoms with E-state index < -0.39 is 5.97 Å². The van der Waals surface area contributed by atoms with Crippen molar-refractivity contribution in [2.45, 2.75) is 32.2 Å². The average Bonchev–Trinajstić information content (AvgIpc) is 3.04. The van der Waals surface area contributed by atoms with Crippen LogP contribution in [0, 0.1) is 5.92 Å². The van der Waals surface area contributed by atoms with Crippen LogP contribution in [0.1, 0.15) is 37.8 Å². The number of esters is 1. The Labute approximate surface area is 100 Å². The second-order valence-electron chi connectivity index (χ2n) is 4.61. The fourth-order valence-corrected chi connectivity index (χ4v) is 1.85. The first-order chi connectivity index (χ1) is 8.06. The van der Waals surface area contributed by atoms with Crippen LogP contribution in [0.2, 0.25) is 0 Å². The largest absolute Gasteiger partial charge is 0.504 e. The minimum Gasteiger partial charge on any atom is -0.504 e. The maximum atomic E-state index is 10.8. The number of carbonyl (C=O) groups excluding carboxylic acids is 1. The lowest BCUT2D eigenvalue weighted by molar-refractivity contribution is -0.132. The number of nitrogens with two attached hydrogens (primary N) is 1. The smallest absolute Gasteiger partial charge is 0.308 e. The summed E-state index contributed by atoms with van der Waals surface area (Å²) < 4.78 is 4.84. The molecule has 2 rings (SSSR count). The topological polar surface area (TPSA) is 72.5 Å². The number of benzene rings is 1.